The molecule has 0 aliphatic rings. The van der Waals surface area contributed by atoms with Gasteiger partial charge in [0, 0.05) is 19.4 Å². The fraction of sp³-hybridized carbons (Fsp3) is 0.231. The maximum atomic E-state index is 13.0. The van der Waals surface area contributed by atoms with Crippen molar-refractivity contribution in [2.75, 3.05) is 25.0 Å². The predicted octanol–water partition coefficient (Wildman–Crippen LogP) is 1.44. The molecular weight excluding hydrogens is 313 g/mol. The maximum Gasteiger partial charge on any atom is 0.263 e. The van der Waals surface area contributed by atoms with Crippen molar-refractivity contribution < 1.29 is 22.3 Å². The number of aromatic nitrogens is 2. The van der Waals surface area contributed by atoms with E-state index in [0.29, 0.717) is 19.1 Å². The van der Waals surface area contributed by atoms with E-state index in [9.17, 15) is 12.8 Å². The van der Waals surface area contributed by atoms with Crippen molar-refractivity contribution in [3.63, 3.8) is 0 Å². The van der Waals surface area contributed by atoms with E-state index in [4.69, 9.17) is 9.47 Å². The van der Waals surface area contributed by atoms with Gasteiger partial charge in [0.1, 0.15) is 17.3 Å². The van der Waals surface area contributed by atoms with Gasteiger partial charge in [0.05, 0.1) is 24.7 Å². The first-order valence-corrected chi connectivity index (χ1v) is 7.71. The molecule has 0 bridgehead atoms. The molecule has 0 fully saturated rings. The smallest absolute Gasteiger partial charge is 0.263 e. The van der Waals surface area contributed by atoms with Crippen LogP contribution in [0.5, 0.6) is 5.88 Å². The average molecular weight is 327 g/mol. The molecule has 1 N–H and O–H groups in total. The minimum Gasteiger partial charge on any atom is -0.475 e. The maximum absolute atomic E-state index is 13.0. The number of anilines is 1. The normalized spacial score (nSPS) is 11.2. The number of sulfonamides is 1. The van der Waals surface area contributed by atoms with Crippen LogP contribution in [0.4, 0.5) is 10.1 Å². The molecule has 2 aromatic rings. The van der Waals surface area contributed by atoms with Crippen molar-refractivity contribution >= 4 is 15.7 Å². The van der Waals surface area contributed by atoms with Gasteiger partial charge in [0.15, 0.2) is 0 Å². The number of halogens is 1. The Kier molecular flexibility index (Phi) is 5.23. The summed E-state index contributed by atoms with van der Waals surface area (Å²) in [6.45, 7) is 0.756. The van der Waals surface area contributed by atoms with E-state index in [0.717, 1.165) is 18.5 Å². The lowest BCUT2D eigenvalue weighted by molar-refractivity contribution is 0.144. The van der Waals surface area contributed by atoms with Crippen molar-refractivity contribution in [1.82, 2.24) is 9.97 Å². The Morgan fingerprint density at radius 2 is 2.05 bits per heavy atom. The van der Waals surface area contributed by atoms with E-state index in [1.807, 2.05) is 0 Å². The molecule has 9 heteroatoms. The number of pyridine rings is 2. The first kappa shape index (κ1) is 16.1. The Hall–Kier alpha value is -2.26. The van der Waals surface area contributed by atoms with Crippen molar-refractivity contribution in [3.8, 4) is 5.88 Å². The van der Waals surface area contributed by atoms with Crippen LogP contribution in [0.1, 0.15) is 0 Å². The van der Waals surface area contributed by atoms with Crippen molar-refractivity contribution in [3.05, 3.63) is 42.6 Å². The molecule has 2 heterocycles. The summed E-state index contributed by atoms with van der Waals surface area (Å²) in [5.74, 6) is -0.393. The number of nitrogens with zero attached hydrogens (tertiary/aromatic N) is 2. The first-order valence-electron chi connectivity index (χ1n) is 6.22. The van der Waals surface area contributed by atoms with E-state index >= 15 is 0 Å². The van der Waals surface area contributed by atoms with Crippen LogP contribution in [0.25, 0.3) is 0 Å². The number of nitrogens with one attached hydrogen (secondary N) is 1. The zero-order valence-electron chi connectivity index (χ0n) is 11.7. The monoisotopic (exact) mass is 327 g/mol. The van der Waals surface area contributed by atoms with Gasteiger partial charge in [-0.15, -0.1) is 0 Å². The summed E-state index contributed by atoms with van der Waals surface area (Å²) in [5.41, 5.74) is 0.225. The van der Waals surface area contributed by atoms with Gasteiger partial charge in [-0.3, -0.25) is 9.71 Å². The molecule has 0 saturated heterocycles. The fourth-order valence-electron chi connectivity index (χ4n) is 1.51. The van der Waals surface area contributed by atoms with Crippen LogP contribution >= 0.6 is 0 Å². The highest BCUT2D eigenvalue weighted by atomic mass is 32.2. The van der Waals surface area contributed by atoms with Gasteiger partial charge in [0.2, 0.25) is 5.88 Å². The molecule has 0 atom stereocenters. The van der Waals surface area contributed by atoms with E-state index in [-0.39, 0.29) is 10.6 Å². The van der Waals surface area contributed by atoms with Crippen LogP contribution in [0.3, 0.4) is 0 Å². The van der Waals surface area contributed by atoms with Crippen molar-refractivity contribution in [1.29, 1.82) is 0 Å². The second-order valence-corrected chi connectivity index (χ2v) is 5.85. The molecule has 7 nitrogen and oxygen atoms in total. The lowest BCUT2D eigenvalue weighted by Gasteiger charge is -2.08. The third kappa shape index (κ3) is 4.37. The molecule has 0 amide bonds. The van der Waals surface area contributed by atoms with Gasteiger partial charge in [-0.25, -0.2) is 17.8 Å². The summed E-state index contributed by atoms with van der Waals surface area (Å²) in [7, 11) is -2.37. The van der Waals surface area contributed by atoms with Gasteiger partial charge in [-0.05, 0) is 12.1 Å². The van der Waals surface area contributed by atoms with Gasteiger partial charge < -0.3 is 9.47 Å². The molecule has 22 heavy (non-hydrogen) atoms. The average Bonchev–Trinajstić information content (AvgIpc) is 2.49. The summed E-state index contributed by atoms with van der Waals surface area (Å²) in [6, 6.07) is 3.88. The van der Waals surface area contributed by atoms with Crippen LogP contribution in [0.2, 0.25) is 0 Å². The quantitative estimate of drug-likeness (QED) is 0.774. The summed E-state index contributed by atoms with van der Waals surface area (Å²) < 4.78 is 49.5. The highest BCUT2D eigenvalue weighted by Crippen LogP contribution is 2.17. The predicted molar refractivity (Wildman–Crippen MR) is 76.6 cm³/mol. The SMILES string of the molecule is COCCOc1ccc(NS(=O)(=O)c2cncc(F)c2)cn1. The summed E-state index contributed by atoms with van der Waals surface area (Å²) >= 11 is 0. The summed E-state index contributed by atoms with van der Waals surface area (Å²) in [5, 5.41) is 0. The molecule has 0 unspecified atom stereocenters. The number of methoxy groups -OCH3 is 1. The van der Waals surface area contributed by atoms with Crippen LogP contribution in [-0.4, -0.2) is 38.7 Å². The van der Waals surface area contributed by atoms with Crippen LogP contribution < -0.4 is 9.46 Å². The highest BCUT2D eigenvalue weighted by molar-refractivity contribution is 7.92. The second-order valence-electron chi connectivity index (χ2n) is 4.17. The van der Waals surface area contributed by atoms with Crippen LogP contribution in [0, 0.1) is 5.82 Å². The molecule has 0 saturated carbocycles. The minimum absolute atomic E-state index is 0.225. The number of ether oxygens (including phenoxy) is 2. The van der Waals surface area contributed by atoms with Gasteiger partial charge >= 0.3 is 0 Å². The lowest BCUT2D eigenvalue weighted by atomic mass is 10.4. The molecule has 0 spiro atoms. The fourth-order valence-corrected chi connectivity index (χ4v) is 2.53. The molecule has 2 aromatic heterocycles. The third-order valence-electron chi connectivity index (χ3n) is 2.52. The molecule has 118 valence electrons. The highest BCUT2D eigenvalue weighted by Gasteiger charge is 2.15. The van der Waals surface area contributed by atoms with E-state index < -0.39 is 15.8 Å². The number of rotatable bonds is 7. The van der Waals surface area contributed by atoms with E-state index in [1.165, 1.54) is 18.3 Å². The molecular formula is C13H14FN3O4S. The van der Waals surface area contributed by atoms with Gasteiger partial charge in [-0.2, -0.15) is 0 Å². The Morgan fingerprint density at radius 1 is 1.23 bits per heavy atom. The van der Waals surface area contributed by atoms with Crippen molar-refractivity contribution in [2.24, 2.45) is 0 Å². The summed E-state index contributed by atoms with van der Waals surface area (Å²) in [6.07, 6.45) is 3.28. The van der Waals surface area contributed by atoms with Gasteiger partial charge in [0.25, 0.3) is 10.0 Å². The Labute approximate surface area is 127 Å². The molecule has 0 aliphatic heterocycles. The topological polar surface area (TPSA) is 90.4 Å². The van der Waals surface area contributed by atoms with Gasteiger partial charge in [-0.1, -0.05) is 0 Å². The van der Waals surface area contributed by atoms with Crippen LogP contribution in [0.15, 0.2) is 41.7 Å². The molecule has 2 rings (SSSR count). The van der Waals surface area contributed by atoms with Crippen molar-refractivity contribution in [2.45, 2.75) is 4.90 Å². The Balaban J connectivity index is 2.06. The van der Waals surface area contributed by atoms with Crippen LogP contribution in [-0.2, 0) is 14.8 Å². The number of hydrogen-bond donors (Lipinski definition) is 1. The largest absolute Gasteiger partial charge is 0.475 e. The van der Waals surface area contributed by atoms with E-state index in [1.54, 1.807) is 7.11 Å². The lowest BCUT2D eigenvalue weighted by Crippen LogP contribution is -2.13. The molecule has 0 radical (unpaired) electrons. The second kappa shape index (κ2) is 7.14. The van der Waals surface area contributed by atoms with E-state index in [2.05, 4.69) is 14.7 Å². The Morgan fingerprint density at radius 3 is 2.68 bits per heavy atom. The number of hydrogen-bond acceptors (Lipinski definition) is 6. The standard InChI is InChI=1S/C13H14FN3O4S/c1-20-4-5-21-13-3-2-11(8-16-13)17-22(18,19)12-6-10(14)7-15-9-12/h2-3,6-9,17H,4-5H2,1H3. The Bertz CT molecular complexity index is 722. The zero-order valence-corrected chi connectivity index (χ0v) is 12.5. The summed E-state index contributed by atoms with van der Waals surface area (Å²) in [4.78, 5) is 7.19. The zero-order chi connectivity index (χ0) is 16.0. The molecule has 0 aliphatic carbocycles. The first-order chi connectivity index (χ1) is 10.5. The molecule has 0 aromatic carbocycles. The minimum atomic E-state index is -3.92. The third-order valence-corrected chi connectivity index (χ3v) is 3.86.